The highest BCUT2D eigenvalue weighted by molar-refractivity contribution is 7.98. The molecule has 0 radical (unpaired) electrons. The molecule has 0 aromatic heterocycles. The summed E-state index contributed by atoms with van der Waals surface area (Å²) >= 11 is 1.66. The van der Waals surface area contributed by atoms with Crippen molar-refractivity contribution in [1.29, 1.82) is 0 Å². The van der Waals surface area contributed by atoms with Crippen molar-refractivity contribution in [2.45, 2.75) is 18.2 Å². The summed E-state index contributed by atoms with van der Waals surface area (Å²) in [4.78, 5) is 12.1. The molecule has 3 heteroatoms. The van der Waals surface area contributed by atoms with E-state index in [9.17, 15) is 4.79 Å². The van der Waals surface area contributed by atoms with Crippen LogP contribution < -0.4 is 4.74 Å². The number of ether oxygens (including phenoxy) is 1. The molecule has 0 atom stereocenters. The molecule has 0 heterocycles. The molecule has 0 spiro atoms. The van der Waals surface area contributed by atoms with Crippen LogP contribution >= 0.6 is 11.8 Å². The molecule has 0 aliphatic carbocycles. The summed E-state index contributed by atoms with van der Waals surface area (Å²) in [5.41, 5.74) is 0. The third-order valence-electron chi connectivity index (χ3n) is 1.58. The summed E-state index contributed by atoms with van der Waals surface area (Å²) in [6, 6.07) is 7.48. The van der Waals surface area contributed by atoms with Crippen LogP contribution in [0.5, 0.6) is 5.75 Å². The first-order chi connectivity index (χ1) is 6.26. The average molecular weight is 196 g/mol. The van der Waals surface area contributed by atoms with E-state index in [2.05, 4.69) is 0 Å². The molecule has 0 amide bonds. The van der Waals surface area contributed by atoms with E-state index in [-0.39, 0.29) is 5.97 Å². The molecule has 0 unspecified atom stereocenters. The Morgan fingerprint density at radius 3 is 2.46 bits per heavy atom. The van der Waals surface area contributed by atoms with Crippen LogP contribution in [0.4, 0.5) is 0 Å². The minimum absolute atomic E-state index is 0.197. The van der Waals surface area contributed by atoms with Gasteiger partial charge in [-0.1, -0.05) is 6.92 Å². The zero-order chi connectivity index (χ0) is 9.68. The lowest BCUT2D eigenvalue weighted by Gasteiger charge is -2.02. The van der Waals surface area contributed by atoms with Crippen molar-refractivity contribution < 1.29 is 9.53 Å². The van der Waals surface area contributed by atoms with Crippen molar-refractivity contribution >= 4 is 17.7 Å². The topological polar surface area (TPSA) is 26.3 Å². The van der Waals surface area contributed by atoms with Gasteiger partial charge in [-0.15, -0.1) is 11.8 Å². The van der Waals surface area contributed by atoms with Crippen LogP contribution in [0.2, 0.25) is 0 Å². The zero-order valence-corrected chi connectivity index (χ0v) is 8.56. The number of benzene rings is 1. The monoisotopic (exact) mass is 196 g/mol. The fourth-order valence-corrected chi connectivity index (χ4v) is 1.26. The molecule has 0 aliphatic rings. The fraction of sp³-hybridized carbons (Fsp3) is 0.300. The lowest BCUT2D eigenvalue weighted by molar-refractivity contribution is -0.134. The van der Waals surface area contributed by atoms with E-state index < -0.39 is 0 Å². The predicted octanol–water partition coefficient (Wildman–Crippen LogP) is 2.72. The maximum Gasteiger partial charge on any atom is 0.310 e. The second kappa shape index (κ2) is 4.92. The average Bonchev–Trinajstić information content (AvgIpc) is 2.19. The summed E-state index contributed by atoms with van der Waals surface area (Å²) in [7, 11) is 0. The Bertz CT molecular complexity index is 279. The smallest absolute Gasteiger partial charge is 0.310 e. The second-order valence-electron chi connectivity index (χ2n) is 2.50. The molecular weight excluding hydrogens is 184 g/mol. The minimum Gasteiger partial charge on any atom is -0.427 e. The summed E-state index contributed by atoms with van der Waals surface area (Å²) < 4.78 is 5.01. The fourth-order valence-electron chi connectivity index (χ4n) is 0.847. The van der Waals surface area contributed by atoms with Crippen molar-refractivity contribution in [3.8, 4) is 5.75 Å². The van der Waals surface area contributed by atoms with Gasteiger partial charge >= 0.3 is 5.97 Å². The highest BCUT2D eigenvalue weighted by Gasteiger charge is 2.00. The molecule has 1 aromatic rings. The highest BCUT2D eigenvalue weighted by atomic mass is 32.2. The van der Waals surface area contributed by atoms with Crippen molar-refractivity contribution in [2.24, 2.45) is 0 Å². The minimum atomic E-state index is -0.197. The second-order valence-corrected chi connectivity index (χ2v) is 3.38. The molecule has 0 saturated heterocycles. The molecule has 0 bridgehead atoms. The van der Waals surface area contributed by atoms with E-state index in [0.29, 0.717) is 12.2 Å². The van der Waals surface area contributed by atoms with Crippen molar-refractivity contribution in [3.05, 3.63) is 24.3 Å². The van der Waals surface area contributed by atoms with Gasteiger partial charge in [-0.25, -0.2) is 0 Å². The molecule has 0 aliphatic heterocycles. The molecule has 13 heavy (non-hydrogen) atoms. The number of carbonyl (C=O) groups is 1. The summed E-state index contributed by atoms with van der Waals surface area (Å²) in [5.74, 6) is 0.418. The van der Waals surface area contributed by atoms with Gasteiger partial charge in [0.2, 0.25) is 0 Å². The van der Waals surface area contributed by atoms with Crippen LogP contribution in [0.3, 0.4) is 0 Å². The Kier molecular flexibility index (Phi) is 3.83. The lowest BCUT2D eigenvalue weighted by atomic mass is 10.3. The summed E-state index contributed by atoms with van der Waals surface area (Å²) in [6.07, 6.45) is 2.41. The van der Waals surface area contributed by atoms with Gasteiger partial charge in [0.15, 0.2) is 0 Å². The van der Waals surface area contributed by atoms with Gasteiger partial charge in [-0.2, -0.15) is 0 Å². The number of rotatable bonds is 3. The normalized spacial score (nSPS) is 9.69. The van der Waals surface area contributed by atoms with E-state index in [1.807, 2.05) is 18.4 Å². The predicted molar refractivity (Wildman–Crippen MR) is 54.1 cm³/mol. The van der Waals surface area contributed by atoms with Crippen LogP contribution in [0.15, 0.2) is 29.2 Å². The lowest BCUT2D eigenvalue weighted by Crippen LogP contribution is -2.05. The molecule has 70 valence electrons. The van der Waals surface area contributed by atoms with Crippen LogP contribution in [0, 0.1) is 0 Å². The van der Waals surface area contributed by atoms with Gasteiger partial charge in [0.05, 0.1) is 0 Å². The van der Waals surface area contributed by atoms with E-state index in [1.54, 1.807) is 30.8 Å². The van der Waals surface area contributed by atoms with Crippen molar-refractivity contribution in [2.75, 3.05) is 6.26 Å². The third kappa shape index (κ3) is 3.11. The van der Waals surface area contributed by atoms with E-state index in [4.69, 9.17) is 4.74 Å². The number of thioether (sulfide) groups is 1. The van der Waals surface area contributed by atoms with E-state index in [1.165, 1.54) is 0 Å². The van der Waals surface area contributed by atoms with E-state index in [0.717, 1.165) is 4.90 Å². The summed E-state index contributed by atoms with van der Waals surface area (Å²) in [6.45, 7) is 1.78. The molecular formula is C10H12O2S. The van der Waals surface area contributed by atoms with Crippen LogP contribution in [0.1, 0.15) is 13.3 Å². The summed E-state index contributed by atoms with van der Waals surface area (Å²) in [5, 5.41) is 0. The van der Waals surface area contributed by atoms with Crippen LogP contribution in [0.25, 0.3) is 0 Å². The molecule has 1 aromatic carbocycles. The Morgan fingerprint density at radius 2 is 2.00 bits per heavy atom. The first kappa shape index (κ1) is 10.1. The molecule has 2 nitrogen and oxygen atoms in total. The Balaban J connectivity index is 2.64. The molecule has 0 N–H and O–H groups in total. The van der Waals surface area contributed by atoms with Gasteiger partial charge < -0.3 is 4.74 Å². The Morgan fingerprint density at radius 1 is 1.38 bits per heavy atom. The van der Waals surface area contributed by atoms with Crippen molar-refractivity contribution in [3.63, 3.8) is 0 Å². The maximum absolute atomic E-state index is 10.9. The molecule has 1 rings (SSSR count). The third-order valence-corrected chi connectivity index (χ3v) is 2.32. The quantitative estimate of drug-likeness (QED) is 0.422. The van der Waals surface area contributed by atoms with Gasteiger partial charge in [0.1, 0.15) is 5.75 Å². The molecule has 0 fully saturated rings. The van der Waals surface area contributed by atoms with Gasteiger partial charge in [0, 0.05) is 11.3 Å². The number of hydrogen-bond donors (Lipinski definition) is 0. The Hall–Kier alpha value is -0.960. The number of hydrogen-bond acceptors (Lipinski definition) is 3. The zero-order valence-electron chi connectivity index (χ0n) is 7.74. The van der Waals surface area contributed by atoms with Gasteiger partial charge in [-0.05, 0) is 30.5 Å². The van der Waals surface area contributed by atoms with Gasteiger partial charge in [0.25, 0.3) is 0 Å². The molecule has 0 saturated carbocycles. The van der Waals surface area contributed by atoms with Gasteiger partial charge in [-0.3, -0.25) is 4.79 Å². The van der Waals surface area contributed by atoms with E-state index >= 15 is 0 Å². The number of carbonyl (C=O) groups excluding carboxylic acids is 1. The van der Waals surface area contributed by atoms with Crippen LogP contribution in [-0.2, 0) is 4.79 Å². The van der Waals surface area contributed by atoms with Crippen molar-refractivity contribution in [1.82, 2.24) is 0 Å². The maximum atomic E-state index is 10.9. The van der Waals surface area contributed by atoms with Crippen LogP contribution in [-0.4, -0.2) is 12.2 Å². The SMILES string of the molecule is CCC(=O)Oc1ccc(SC)cc1. The first-order valence-electron chi connectivity index (χ1n) is 4.11. The number of esters is 1. The largest absolute Gasteiger partial charge is 0.427 e. The first-order valence-corrected chi connectivity index (χ1v) is 5.33. The standard InChI is InChI=1S/C10H12O2S/c1-3-10(11)12-8-4-6-9(13-2)7-5-8/h4-7H,3H2,1-2H3. The highest BCUT2D eigenvalue weighted by Crippen LogP contribution is 2.19. The Labute approximate surface area is 82.3 Å².